The molecule has 3 aromatic rings. The fourth-order valence-corrected chi connectivity index (χ4v) is 3.57. The van der Waals surface area contributed by atoms with Gasteiger partial charge in [-0.15, -0.1) is 10.2 Å². The van der Waals surface area contributed by atoms with Crippen molar-refractivity contribution in [3.63, 3.8) is 0 Å². The lowest BCUT2D eigenvalue weighted by molar-refractivity contribution is -0.120. The molecule has 0 spiro atoms. The van der Waals surface area contributed by atoms with Crippen LogP contribution in [-0.2, 0) is 17.9 Å². The molecule has 1 N–H and O–H groups in total. The van der Waals surface area contributed by atoms with E-state index >= 15 is 0 Å². The highest BCUT2D eigenvalue weighted by Crippen LogP contribution is 2.30. The average Bonchev–Trinajstić information content (AvgIpc) is 3.40. The number of carbonyl (C=O) groups excluding carboxylic acids is 1. The van der Waals surface area contributed by atoms with Gasteiger partial charge < -0.3 is 14.6 Å². The third kappa shape index (κ3) is 4.43. The predicted octanol–water partition coefficient (Wildman–Crippen LogP) is 3.09. The number of benzene rings is 1. The van der Waals surface area contributed by atoms with Crippen molar-refractivity contribution < 1.29 is 9.53 Å². The van der Waals surface area contributed by atoms with E-state index in [-0.39, 0.29) is 11.9 Å². The molecule has 1 amide bonds. The SMILES string of the molecule is CCn1cnnc1CN1CCCC1C(=O)Nc1ccccc1Oc1cccnc1. The molecule has 1 saturated heterocycles. The molecule has 1 fully saturated rings. The van der Waals surface area contributed by atoms with Crippen molar-refractivity contribution in [2.24, 2.45) is 0 Å². The van der Waals surface area contributed by atoms with Crippen molar-refractivity contribution in [3.05, 3.63) is 60.9 Å². The van der Waals surface area contributed by atoms with Crippen LogP contribution in [0.2, 0.25) is 0 Å². The maximum Gasteiger partial charge on any atom is 0.241 e. The predicted molar refractivity (Wildman–Crippen MR) is 109 cm³/mol. The molecule has 4 rings (SSSR count). The number of carbonyl (C=O) groups is 1. The number of hydrogen-bond acceptors (Lipinski definition) is 6. The van der Waals surface area contributed by atoms with Gasteiger partial charge in [0.15, 0.2) is 5.75 Å². The zero-order valence-electron chi connectivity index (χ0n) is 16.4. The van der Waals surface area contributed by atoms with Crippen LogP contribution in [-0.4, -0.2) is 43.1 Å². The zero-order chi connectivity index (χ0) is 20.1. The molecule has 150 valence electrons. The largest absolute Gasteiger partial charge is 0.454 e. The number of nitrogens with zero attached hydrogens (tertiary/aromatic N) is 5. The van der Waals surface area contributed by atoms with Gasteiger partial charge in [-0.2, -0.15) is 0 Å². The van der Waals surface area contributed by atoms with Gasteiger partial charge in [-0.3, -0.25) is 14.7 Å². The summed E-state index contributed by atoms with van der Waals surface area (Å²) in [6, 6.07) is 10.9. The molecule has 1 unspecified atom stereocenters. The first kappa shape index (κ1) is 19.1. The molecule has 0 radical (unpaired) electrons. The topological polar surface area (TPSA) is 85.2 Å². The molecule has 8 nitrogen and oxygen atoms in total. The van der Waals surface area contributed by atoms with E-state index in [1.807, 2.05) is 41.0 Å². The number of amides is 1. The maximum atomic E-state index is 13.0. The number of aryl methyl sites for hydroxylation is 1. The second kappa shape index (κ2) is 8.83. The molecule has 8 heteroatoms. The third-order valence-corrected chi connectivity index (χ3v) is 5.05. The van der Waals surface area contributed by atoms with Crippen LogP contribution < -0.4 is 10.1 Å². The Bertz CT molecular complexity index is 959. The Morgan fingerprint density at radius 3 is 3.00 bits per heavy atom. The summed E-state index contributed by atoms with van der Waals surface area (Å²) in [4.78, 5) is 19.3. The van der Waals surface area contributed by atoms with Crippen LogP contribution in [0, 0.1) is 0 Å². The van der Waals surface area contributed by atoms with Crippen LogP contribution in [0.25, 0.3) is 0 Å². The lowest BCUT2D eigenvalue weighted by Crippen LogP contribution is -2.39. The van der Waals surface area contributed by atoms with Crippen LogP contribution in [0.15, 0.2) is 55.1 Å². The van der Waals surface area contributed by atoms with Gasteiger partial charge in [0.1, 0.15) is 17.9 Å². The molecule has 2 aromatic heterocycles. The Kier molecular flexibility index (Phi) is 5.81. The van der Waals surface area contributed by atoms with Crippen molar-refractivity contribution in [1.82, 2.24) is 24.6 Å². The highest BCUT2D eigenvalue weighted by molar-refractivity contribution is 5.96. The van der Waals surface area contributed by atoms with Gasteiger partial charge >= 0.3 is 0 Å². The highest BCUT2D eigenvalue weighted by atomic mass is 16.5. The summed E-state index contributed by atoms with van der Waals surface area (Å²) in [5, 5.41) is 11.2. The molecular weight excluding hydrogens is 368 g/mol. The molecule has 0 aliphatic carbocycles. The molecule has 1 aromatic carbocycles. The summed E-state index contributed by atoms with van der Waals surface area (Å²) >= 11 is 0. The second-order valence-electron chi connectivity index (χ2n) is 6.94. The fraction of sp³-hybridized carbons (Fsp3) is 0.333. The minimum atomic E-state index is -0.205. The van der Waals surface area contributed by atoms with Crippen molar-refractivity contribution in [2.75, 3.05) is 11.9 Å². The summed E-state index contributed by atoms with van der Waals surface area (Å²) in [5.41, 5.74) is 0.643. The number of likely N-dealkylation sites (tertiary alicyclic amines) is 1. The van der Waals surface area contributed by atoms with E-state index in [4.69, 9.17) is 4.74 Å². The minimum Gasteiger partial charge on any atom is -0.454 e. The van der Waals surface area contributed by atoms with E-state index in [2.05, 4.69) is 32.3 Å². The van der Waals surface area contributed by atoms with E-state index in [1.54, 1.807) is 18.7 Å². The van der Waals surface area contributed by atoms with E-state index in [9.17, 15) is 4.79 Å². The normalized spacial score (nSPS) is 16.7. The lowest BCUT2D eigenvalue weighted by atomic mass is 10.2. The van der Waals surface area contributed by atoms with Gasteiger partial charge in [-0.25, -0.2) is 0 Å². The first-order valence-corrected chi connectivity index (χ1v) is 9.83. The molecule has 29 heavy (non-hydrogen) atoms. The van der Waals surface area contributed by atoms with Crippen molar-refractivity contribution >= 4 is 11.6 Å². The van der Waals surface area contributed by atoms with Gasteiger partial charge in [-0.05, 0) is 50.6 Å². The second-order valence-corrected chi connectivity index (χ2v) is 6.94. The average molecular weight is 392 g/mol. The Morgan fingerprint density at radius 1 is 1.28 bits per heavy atom. The Balaban J connectivity index is 1.46. The summed E-state index contributed by atoms with van der Waals surface area (Å²) < 4.78 is 7.91. The molecule has 3 heterocycles. The maximum absolute atomic E-state index is 13.0. The number of ether oxygens (including phenoxy) is 1. The molecule has 0 saturated carbocycles. The van der Waals surface area contributed by atoms with Gasteiger partial charge in [0, 0.05) is 12.7 Å². The van der Waals surface area contributed by atoms with Crippen LogP contribution in [0.4, 0.5) is 5.69 Å². The van der Waals surface area contributed by atoms with Gasteiger partial charge in [0.2, 0.25) is 5.91 Å². The number of nitrogens with one attached hydrogen (secondary N) is 1. The Hall–Kier alpha value is -3.26. The minimum absolute atomic E-state index is 0.0349. The number of pyridine rings is 1. The summed E-state index contributed by atoms with van der Waals surface area (Å²) in [7, 11) is 0. The number of rotatable bonds is 7. The third-order valence-electron chi connectivity index (χ3n) is 5.05. The van der Waals surface area contributed by atoms with E-state index in [1.165, 1.54) is 0 Å². The number of aromatic nitrogens is 4. The van der Waals surface area contributed by atoms with Crippen molar-refractivity contribution in [2.45, 2.75) is 38.9 Å². The van der Waals surface area contributed by atoms with Gasteiger partial charge in [-0.1, -0.05) is 12.1 Å². The number of hydrogen-bond donors (Lipinski definition) is 1. The van der Waals surface area contributed by atoms with Gasteiger partial charge in [0.25, 0.3) is 0 Å². The standard InChI is InChI=1S/C21H24N6O2/c1-2-26-15-23-25-20(26)14-27-12-6-9-18(27)21(28)24-17-8-3-4-10-19(17)29-16-7-5-11-22-13-16/h3-5,7-8,10-11,13,15,18H,2,6,9,12,14H2,1H3,(H,24,28). The highest BCUT2D eigenvalue weighted by Gasteiger charge is 2.32. The van der Waals surface area contributed by atoms with E-state index < -0.39 is 0 Å². The van der Waals surface area contributed by atoms with E-state index in [0.717, 1.165) is 31.8 Å². The van der Waals surface area contributed by atoms with Crippen LogP contribution in [0.3, 0.4) is 0 Å². The van der Waals surface area contributed by atoms with Crippen LogP contribution in [0.5, 0.6) is 11.5 Å². The quantitative estimate of drug-likeness (QED) is 0.665. The number of anilines is 1. The van der Waals surface area contributed by atoms with Crippen LogP contribution >= 0.6 is 0 Å². The van der Waals surface area contributed by atoms with Crippen molar-refractivity contribution in [3.8, 4) is 11.5 Å². The van der Waals surface area contributed by atoms with Crippen LogP contribution in [0.1, 0.15) is 25.6 Å². The monoisotopic (exact) mass is 392 g/mol. The van der Waals surface area contributed by atoms with Crippen molar-refractivity contribution in [1.29, 1.82) is 0 Å². The molecular formula is C21H24N6O2. The summed E-state index contributed by atoms with van der Waals surface area (Å²) in [6.45, 7) is 4.34. The Labute approximate surface area is 169 Å². The first-order chi connectivity index (χ1) is 14.2. The first-order valence-electron chi connectivity index (χ1n) is 9.83. The summed E-state index contributed by atoms with van der Waals surface area (Å²) in [6.07, 6.45) is 6.85. The Morgan fingerprint density at radius 2 is 2.17 bits per heavy atom. The smallest absolute Gasteiger partial charge is 0.241 e. The fourth-order valence-electron chi connectivity index (χ4n) is 3.57. The molecule has 1 atom stereocenters. The molecule has 1 aliphatic rings. The van der Waals surface area contributed by atoms with E-state index in [0.29, 0.717) is 23.7 Å². The summed E-state index contributed by atoms with van der Waals surface area (Å²) in [5.74, 6) is 2.06. The molecule has 1 aliphatic heterocycles. The number of para-hydroxylation sites is 2. The van der Waals surface area contributed by atoms with Gasteiger partial charge in [0.05, 0.1) is 24.5 Å². The zero-order valence-corrected chi connectivity index (χ0v) is 16.4. The molecule has 0 bridgehead atoms. The lowest BCUT2D eigenvalue weighted by Gasteiger charge is -2.23.